The first-order valence-electron chi connectivity index (χ1n) is 4.69. The minimum absolute atomic E-state index is 0.264. The molecule has 1 heterocycles. The van der Waals surface area contributed by atoms with Crippen molar-refractivity contribution in [2.75, 3.05) is 11.1 Å². The third-order valence-electron chi connectivity index (χ3n) is 2.44. The summed E-state index contributed by atoms with van der Waals surface area (Å²) in [6.45, 7) is 10.5. The molecule has 1 atom stereocenters. The second kappa shape index (κ2) is 4.77. The van der Waals surface area contributed by atoms with E-state index in [1.165, 1.54) is 11.1 Å². The molecule has 0 radical (unpaired) electrons. The van der Waals surface area contributed by atoms with E-state index in [4.69, 9.17) is 0 Å². The number of rotatable bonds is 2. The average Bonchev–Trinajstić information content (AvgIpc) is 2.04. The summed E-state index contributed by atoms with van der Waals surface area (Å²) < 4.78 is 4.89. The van der Waals surface area contributed by atoms with Crippen molar-refractivity contribution in [2.24, 2.45) is 5.92 Å². The van der Waals surface area contributed by atoms with Crippen molar-refractivity contribution in [3.05, 3.63) is 0 Å². The van der Waals surface area contributed by atoms with Crippen LogP contribution in [0.4, 0.5) is 0 Å². The van der Waals surface area contributed by atoms with Crippen LogP contribution >= 0.6 is 0 Å². The van der Waals surface area contributed by atoms with Gasteiger partial charge in [-0.1, -0.05) is 0 Å². The molecule has 1 aliphatic rings. The normalized spacial score (nSPS) is 27.7. The second-order valence-electron chi connectivity index (χ2n) is 4.01. The van der Waals surface area contributed by atoms with E-state index >= 15 is 0 Å². The molecule has 0 aliphatic carbocycles. The molecule has 1 saturated heterocycles. The van der Waals surface area contributed by atoms with Crippen LogP contribution in [0.1, 0.15) is 27.7 Å². The molecule has 1 aliphatic heterocycles. The van der Waals surface area contributed by atoms with E-state index < -0.39 is 0 Å². The first-order valence-corrected chi connectivity index (χ1v) is 7.30. The first-order chi connectivity index (χ1) is 5.63. The molecule has 74 valence electrons. The molecule has 0 aromatic carbocycles. The Balaban J connectivity index is 2.54. The molecule has 0 spiro atoms. The molecule has 0 bridgehead atoms. The maximum absolute atomic E-state index is 3.57. The van der Waals surface area contributed by atoms with Crippen molar-refractivity contribution in [1.29, 1.82) is 0 Å². The van der Waals surface area contributed by atoms with Gasteiger partial charge in [0, 0.05) is 0 Å². The molecule has 2 nitrogen and oxygen atoms in total. The van der Waals surface area contributed by atoms with Gasteiger partial charge in [-0.25, -0.2) is 0 Å². The van der Waals surface area contributed by atoms with Gasteiger partial charge in [-0.05, 0) is 0 Å². The van der Waals surface area contributed by atoms with Gasteiger partial charge in [0.05, 0.1) is 0 Å². The molecule has 1 fully saturated rings. The van der Waals surface area contributed by atoms with E-state index in [-0.39, 0.29) is 21.5 Å². The first kappa shape index (κ1) is 10.7. The van der Waals surface area contributed by atoms with Gasteiger partial charge in [-0.3, -0.25) is 0 Å². The van der Waals surface area contributed by atoms with Crippen LogP contribution in [0.25, 0.3) is 0 Å². The average molecular weight is 283 g/mol. The fraction of sp³-hybridized carbons (Fsp3) is 1.00. The van der Waals surface area contributed by atoms with Crippen LogP contribution in [-0.4, -0.2) is 28.1 Å². The van der Waals surface area contributed by atoms with E-state index in [9.17, 15) is 0 Å². The Morgan fingerprint density at radius 1 is 1.33 bits per heavy atom. The molecule has 12 heavy (non-hydrogen) atoms. The second-order valence-corrected chi connectivity index (χ2v) is 6.22. The Morgan fingerprint density at radius 3 is 2.42 bits per heavy atom. The zero-order valence-electron chi connectivity index (χ0n) is 8.47. The van der Waals surface area contributed by atoms with E-state index in [0.29, 0.717) is 0 Å². The van der Waals surface area contributed by atoms with Crippen LogP contribution in [0.2, 0.25) is 0 Å². The fourth-order valence-electron chi connectivity index (χ4n) is 1.59. The zero-order chi connectivity index (χ0) is 9.14. The Labute approximate surface area is 86.7 Å². The maximum atomic E-state index is 3.57. The van der Waals surface area contributed by atoms with Crippen molar-refractivity contribution in [3.8, 4) is 0 Å². The number of nitrogens with zero attached hydrogens (tertiary/aromatic N) is 1. The van der Waals surface area contributed by atoms with Crippen molar-refractivity contribution in [2.45, 2.75) is 39.8 Å². The van der Waals surface area contributed by atoms with Crippen LogP contribution in [-0.2, 0) is 0 Å². The summed E-state index contributed by atoms with van der Waals surface area (Å²) in [6.07, 6.45) is 0. The molecule has 3 heteroatoms. The van der Waals surface area contributed by atoms with E-state index in [2.05, 4.69) is 36.1 Å². The van der Waals surface area contributed by atoms with Gasteiger partial charge >= 0.3 is 86.7 Å². The Bertz CT molecular complexity index is 120. The van der Waals surface area contributed by atoms with Gasteiger partial charge in [-0.2, -0.15) is 0 Å². The molecular weight excluding hydrogens is 263 g/mol. The molecule has 0 amide bonds. The van der Waals surface area contributed by atoms with Crippen LogP contribution in [0.15, 0.2) is 0 Å². The van der Waals surface area contributed by atoms with Gasteiger partial charge in [-0.15, -0.1) is 0 Å². The number of hydrogen-bond acceptors (Lipinski definition) is 2. The summed E-state index contributed by atoms with van der Waals surface area (Å²) in [4.78, 5) is 2.66. The summed E-state index contributed by atoms with van der Waals surface area (Å²) in [5.41, 5.74) is 0. The topological polar surface area (TPSA) is 15.3 Å². The van der Waals surface area contributed by atoms with E-state index in [1.54, 1.807) is 0 Å². The van der Waals surface area contributed by atoms with Crippen molar-refractivity contribution in [3.63, 3.8) is 0 Å². The van der Waals surface area contributed by atoms with Crippen LogP contribution in [0.5, 0.6) is 0 Å². The van der Waals surface area contributed by atoms with Crippen molar-refractivity contribution < 1.29 is 21.5 Å². The minimum atomic E-state index is 0.264. The predicted molar refractivity (Wildman–Crippen MR) is 48.5 cm³/mol. The SMILES string of the molecule is CC(C)C1CN[I-]CN1C(C)C. The monoisotopic (exact) mass is 283 g/mol. The summed E-state index contributed by atoms with van der Waals surface area (Å²) in [7, 11) is 0. The van der Waals surface area contributed by atoms with Gasteiger partial charge < -0.3 is 0 Å². The van der Waals surface area contributed by atoms with Crippen molar-refractivity contribution >= 4 is 0 Å². The van der Waals surface area contributed by atoms with Gasteiger partial charge in [0.1, 0.15) is 0 Å². The molecule has 1 unspecified atom stereocenters. The standard InChI is InChI=1S/C9H20IN2/c1-7(2)9-5-11-10-6-12(9)8(3)4/h7-9,11H,5-6H2,1-4H3/q-1. The third kappa shape index (κ3) is 2.57. The Hall–Kier alpha value is 0.650. The molecule has 0 aromatic rings. The Kier molecular flexibility index (Phi) is 4.26. The fourth-order valence-corrected chi connectivity index (χ4v) is 4.28. The van der Waals surface area contributed by atoms with Gasteiger partial charge in [0.25, 0.3) is 0 Å². The van der Waals surface area contributed by atoms with Crippen LogP contribution in [0, 0.1) is 5.92 Å². The molecule has 0 saturated carbocycles. The van der Waals surface area contributed by atoms with E-state index in [0.717, 1.165) is 18.0 Å². The number of alkyl halides is 1. The molecule has 1 N–H and O–H groups in total. The van der Waals surface area contributed by atoms with Crippen LogP contribution in [0.3, 0.4) is 0 Å². The van der Waals surface area contributed by atoms with Gasteiger partial charge in [0.15, 0.2) is 0 Å². The third-order valence-corrected chi connectivity index (χ3v) is 4.55. The summed E-state index contributed by atoms with van der Waals surface area (Å²) in [5.74, 6) is 0.782. The zero-order valence-corrected chi connectivity index (χ0v) is 10.6. The summed E-state index contributed by atoms with van der Waals surface area (Å²) in [5, 5.41) is 0. The Morgan fingerprint density at radius 2 is 2.00 bits per heavy atom. The van der Waals surface area contributed by atoms with Crippen LogP contribution < -0.4 is 25.0 Å². The number of halogens is 1. The number of nitrogens with one attached hydrogen (secondary N) is 1. The van der Waals surface area contributed by atoms with E-state index in [1.807, 2.05) is 0 Å². The van der Waals surface area contributed by atoms with Gasteiger partial charge in [0.2, 0.25) is 0 Å². The molecular formula is C9H20IN2-. The quantitative estimate of drug-likeness (QED) is 0.281. The molecule has 1 rings (SSSR count). The van der Waals surface area contributed by atoms with Crippen molar-refractivity contribution in [1.82, 2.24) is 8.43 Å². The summed E-state index contributed by atoms with van der Waals surface area (Å²) in [6, 6.07) is 1.48. The summed E-state index contributed by atoms with van der Waals surface area (Å²) >= 11 is 0.264. The predicted octanol–water partition coefficient (Wildman–Crippen LogP) is -1.71. The number of hydrogen-bond donors (Lipinski definition) is 1. The molecule has 0 aromatic heterocycles.